The second-order valence-corrected chi connectivity index (χ2v) is 4.73. The van der Waals surface area contributed by atoms with Crippen LogP contribution in [0.5, 0.6) is 0 Å². The molecule has 17 heavy (non-hydrogen) atoms. The number of nitrogens with zero attached hydrogens (tertiary/aromatic N) is 2. The van der Waals surface area contributed by atoms with Crippen LogP contribution in [0.25, 0.3) is 0 Å². The topological polar surface area (TPSA) is 72.9 Å². The number of nitrogens with two attached hydrogens (primary N) is 1. The number of carbonyl (C=O) groups excluding carboxylic acids is 1. The van der Waals surface area contributed by atoms with E-state index in [0.717, 1.165) is 5.69 Å². The van der Waals surface area contributed by atoms with Gasteiger partial charge in [-0.1, -0.05) is 12.8 Å². The first kappa shape index (κ1) is 12.1. The lowest BCUT2D eigenvalue weighted by Gasteiger charge is -2.09. The van der Waals surface area contributed by atoms with Crippen molar-refractivity contribution in [1.82, 2.24) is 15.1 Å². The largest absolute Gasteiger partial charge is 0.349 e. The van der Waals surface area contributed by atoms with Crippen LogP contribution in [0.2, 0.25) is 0 Å². The molecule has 0 spiro atoms. The van der Waals surface area contributed by atoms with Gasteiger partial charge in [-0.15, -0.1) is 0 Å². The van der Waals surface area contributed by atoms with Gasteiger partial charge in [-0.2, -0.15) is 5.10 Å². The molecule has 1 unspecified atom stereocenters. The quantitative estimate of drug-likeness (QED) is 0.818. The number of carbonyl (C=O) groups is 1. The van der Waals surface area contributed by atoms with E-state index in [1.54, 1.807) is 6.92 Å². The zero-order chi connectivity index (χ0) is 12.3. The molecular weight excluding hydrogens is 216 g/mol. The summed E-state index contributed by atoms with van der Waals surface area (Å²) in [6.45, 7) is 2.13. The molecule has 5 heteroatoms. The molecule has 94 valence electrons. The molecule has 1 fully saturated rings. The monoisotopic (exact) mass is 236 g/mol. The number of amides is 1. The first-order chi connectivity index (χ1) is 8.16. The molecule has 1 atom stereocenters. The van der Waals surface area contributed by atoms with Crippen molar-refractivity contribution in [1.29, 1.82) is 0 Å². The van der Waals surface area contributed by atoms with E-state index in [2.05, 4.69) is 10.4 Å². The molecule has 0 aliphatic heterocycles. The van der Waals surface area contributed by atoms with E-state index in [1.807, 2.05) is 16.9 Å². The SMILES string of the molecule is CC(N)C(=O)NCc1ccn(C2CCCC2)n1. The summed E-state index contributed by atoms with van der Waals surface area (Å²) in [5.74, 6) is -0.139. The van der Waals surface area contributed by atoms with Crippen molar-refractivity contribution in [3.8, 4) is 0 Å². The van der Waals surface area contributed by atoms with Gasteiger partial charge in [-0.05, 0) is 25.8 Å². The summed E-state index contributed by atoms with van der Waals surface area (Å²) in [7, 11) is 0. The van der Waals surface area contributed by atoms with Crippen LogP contribution in [0.1, 0.15) is 44.3 Å². The molecule has 1 heterocycles. The zero-order valence-corrected chi connectivity index (χ0v) is 10.2. The smallest absolute Gasteiger partial charge is 0.236 e. The lowest BCUT2D eigenvalue weighted by atomic mass is 10.3. The van der Waals surface area contributed by atoms with Gasteiger partial charge in [0.1, 0.15) is 0 Å². The van der Waals surface area contributed by atoms with E-state index < -0.39 is 6.04 Å². The number of nitrogens with one attached hydrogen (secondary N) is 1. The number of rotatable bonds is 4. The molecule has 2 rings (SSSR count). The van der Waals surface area contributed by atoms with E-state index in [0.29, 0.717) is 12.6 Å². The van der Waals surface area contributed by atoms with Crippen molar-refractivity contribution in [2.24, 2.45) is 5.73 Å². The number of hydrogen-bond acceptors (Lipinski definition) is 3. The first-order valence-corrected chi connectivity index (χ1v) is 6.24. The van der Waals surface area contributed by atoms with Crippen LogP contribution < -0.4 is 11.1 Å². The van der Waals surface area contributed by atoms with Crippen molar-refractivity contribution in [2.45, 2.75) is 51.2 Å². The van der Waals surface area contributed by atoms with Crippen LogP contribution in [-0.2, 0) is 11.3 Å². The lowest BCUT2D eigenvalue weighted by molar-refractivity contribution is -0.122. The molecular formula is C12H20N4O. The molecule has 3 N–H and O–H groups in total. The van der Waals surface area contributed by atoms with Gasteiger partial charge in [-0.3, -0.25) is 9.48 Å². The first-order valence-electron chi connectivity index (χ1n) is 6.24. The minimum absolute atomic E-state index is 0.139. The van der Waals surface area contributed by atoms with E-state index in [-0.39, 0.29) is 5.91 Å². The second-order valence-electron chi connectivity index (χ2n) is 4.73. The minimum atomic E-state index is -0.466. The van der Waals surface area contributed by atoms with Gasteiger partial charge in [0, 0.05) is 6.20 Å². The predicted octanol–water partition coefficient (Wildman–Crippen LogP) is 0.962. The Morgan fingerprint density at radius 3 is 3.00 bits per heavy atom. The van der Waals surface area contributed by atoms with Crippen LogP contribution >= 0.6 is 0 Å². The molecule has 0 saturated heterocycles. The Morgan fingerprint density at radius 2 is 2.35 bits per heavy atom. The van der Waals surface area contributed by atoms with Gasteiger partial charge in [0.05, 0.1) is 24.3 Å². The lowest BCUT2D eigenvalue weighted by Crippen LogP contribution is -2.37. The minimum Gasteiger partial charge on any atom is -0.349 e. The average Bonchev–Trinajstić information content (AvgIpc) is 2.95. The Morgan fingerprint density at radius 1 is 1.65 bits per heavy atom. The summed E-state index contributed by atoms with van der Waals surface area (Å²) in [6, 6.07) is 2.04. The fourth-order valence-corrected chi connectivity index (χ4v) is 2.18. The standard InChI is InChI=1S/C12H20N4O/c1-9(13)12(17)14-8-10-6-7-16(15-10)11-4-2-3-5-11/h6-7,9,11H,2-5,8,13H2,1H3,(H,14,17). The van der Waals surface area contributed by atoms with Crippen molar-refractivity contribution >= 4 is 5.91 Å². The van der Waals surface area contributed by atoms with Crippen molar-refractivity contribution in [3.63, 3.8) is 0 Å². The van der Waals surface area contributed by atoms with Crippen LogP contribution in [0.15, 0.2) is 12.3 Å². The van der Waals surface area contributed by atoms with E-state index in [1.165, 1.54) is 25.7 Å². The molecule has 1 aromatic rings. The molecule has 0 aromatic carbocycles. The number of hydrogen-bond donors (Lipinski definition) is 2. The third-order valence-corrected chi connectivity index (χ3v) is 3.22. The molecule has 1 amide bonds. The van der Waals surface area contributed by atoms with Gasteiger partial charge in [-0.25, -0.2) is 0 Å². The molecule has 1 aliphatic rings. The van der Waals surface area contributed by atoms with Crippen LogP contribution in [0.4, 0.5) is 0 Å². The highest BCUT2D eigenvalue weighted by Crippen LogP contribution is 2.28. The average molecular weight is 236 g/mol. The van der Waals surface area contributed by atoms with Gasteiger partial charge in [0.2, 0.25) is 5.91 Å². The van der Waals surface area contributed by atoms with Crippen molar-refractivity contribution in [2.75, 3.05) is 0 Å². The maximum Gasteiger partial charge on any atom is 0.236 e. The van der Waals surface area contributed by atoms with E-state index >= 15 is 0 Å². The highest BCUT2D eigenvalue weighted by atomic mass is 16.2. The van der Waals surface area contributed by atoms with Gasteiger partial charge < -0.3 is 11.1 Å². The maximum atomic E-state index is 11.3. The van der Waals surface area contributed by atoms with Gasteiger partial charge >= 0.3 is 0 Å². The summed E-state index contributed by atoms with van der Waals surface area (Å²) >= 11 is 0. The third kappa shape index (κ3) is 3.06. The molecule has 0 bridgehead atoms. The highest BCUT2D eigenvalue weighted by molar-refractivity contribution is 5.80. The fraction of sp³-hybridized carbons (Fsp3) is 0.667. The second kappa shape index (κ2) is 5.31. The molecule has 5 nitrogen and oxygen atoms in total. The third-order valence-electron chi connectivity index (χ3n) is 3.22. The van der Waals surface area contributed by atoms with Crippen LogP contribution in [0.3, 0.4) is 0 Å². The number of aromatic nitrogens is 2. The van der Waals surface area contributed by atoms with Crippen molar-refractivity contribution in [3.05, 3.63) is 18.0 Å². The molecule has 1 aromatic heterocycles. The molecule has 0 radical (unpaired) electrons. The normalized spacial score (nSPS) is 18.2. The summed E-state index contributed by atoms with van der Waals surface area (Å²) in [4.78, 5) is 11.3. The van der Waals surface area contributed by atoms with E-state index in [4.69, 9.17) is 5.73 Å². The Bertz CT molecular complexity index is 380. The Kier molecular flexibility index (Phi) is 3.78. The van der Waals surface area contributed by atoms with E-state index in [9.17, 15) is 4.79 Å². The summed E-state index contributed by atoms with van der Waals surface area (Å²) in [5, 5.41) is 7.25. The van der Waals surface area contributed by atoms with Crippen LogP contribution in [0, 0.1) is 0 Å². The maximum absolute atomic E-state index is 11.3. The predicted molar refractivity (Wildman–Crippen MR) is 65.2 cm³/mol. The zero-order valence-electron chi connectivity index (χ0n) is 10.2. The Labute approximate surface area is 101 Å². The van der Waals surface area contributed by atoms with Gasteiger partial charge in [0.15, 0.2) is 0 Å². The summed E-state index contributed by atoms with van der Waals surface area (Å²) < 4.78 is 2.03. The van der Waals surface area contributed by atoms with Crippen LogP contribution in [-0.4, -0.2) is 21.7 Å². The summed E-state index contributed by atoms with van der Waals surface area (Å²) in [5.41, 5.74) is 6.36. The fourth-order valence-electron chi connectivity index (χ4n) is 2.18. The Balaban J connectivity index is 1.87. The van der Waals surface area contributed by atoms with Crippen molar-refractivity contribution < 1.29 is 4.79 Å². The van der Waals surface area contributed by atoms with Gasteiger partial charge in [0.25, 0.3) is 0 Å². The Hall–Kier alpha value is -1.36. The highest BCUT2D eigenvalue weighted by Gasteiger charge is 2.17. The summed E-state index contributed by atoms with van der Waals surface area (Å²) in [6.07, 6.45) is 7.02. The molecule has 1 aliphatic carbocycles. The molecule has 1 saturated carbocycles.